The van der Waals surface area contributed by atoms with Gasteiger partial charge < -0.3 is 0 Å². The first-order valence-corrected chi connectivity index (χ1v) is 15.8. The summed E-state index contributed by atoms with van der Waals surface area (Å²) >= 11 is 14.8. The number of hydrogen-bond donors (Lipinski definition) is 0. The summed E-state index contributed by atoms with van der Waals surface area (Å²) < 4.78 is 20.8. The van der Waals surface area contributed by atoms with Gasteiger partial charge in [0.25, 0.3) is 0 Å². The van der Waals surface area contributed by atoms with E-state index in [1.165, 1.54) is 43.0 Å². The van der Waals surface area contributed by atoms with Crippen molar-refractivity contribution in [3.05, 3.63) is 68.2 Å². The van der Waals surface area contributed by atoms with Gasteiger partial charge in [-0.05, 0) is 68.3 Å². The van der Waals surface area contributed by atoms with E-state index in [9.17, 15) is 0 Å². The first-order chi connectivity index (χ1) is 17.2. The number of fused-ring (bicyclic) bond motifs is 2. The lowest BCUT2D eigenvalue weighted by molar-refractivity contribution is 1.63. The van der Waals surface area contributed by atoms with Crippen LogP contribution in [0.1, 0.15) is 0 Å². The average Bonchev–Trinajstić information content (AvgIpc) is 3.68. The highest BCUT2D eigenvalue weighted by atomic mass is 79.9. The van der Waals surface area contributed by atoms with Crippen molar-refractivity contribution in [2.24, 2.45) is 0 Å². The van der Waals surface area contributed by atoms with Crippen molar-refractivity contribution in [2.75, 3.05) is 0 Å². The second-order valence-electron chi connectivity index (χ2n) is 7.62. The molecule has 0 amide bonds. The van der Waals surface area contributed by atoms with E-state index in [2.05, 4.69) is 110 Å². The Bertz CT molecular complexity index is 1730. The van der Waals surface area contributed by atoms with Crippen LogP contribution in [0.15, 0.2) is 68.2 Å². The van der Waals surface area contributed by atoms with Crippen LogP contribution in [-0.2, 0) is 0 Å². The van der Waals surface area contributed by atoms with Crippen LogP contribution in [0.5, 0.6) is 0 Å². The molecular formula is C24H10Br2N4S5. The Kier molecular flexibility index (Phi) is 5.69. The van der Waals surface area contributed by atoms with Gasteiger partial charge in [0.15, 0.2) is 0 Å². The summed E-state index contributed by atoms with van der Waals surface area (Å²) in [6.07, 6.45) is 0. The lowest BCUT2D eigenvalue weighted by Gasteiger charge is -2.04. The molecule has 5 heterocycles. The molecule has 5 aromatic heterocycles. The number of halogens is 2. The maximum absolute atomic E-state index is 4.67. The number of aromatic nitrogens is 4. The molecule has 0 atom stereocenters. The van der Waals surface area contributed by atoms with Gasteiger partial charge in [-0.1, -0.05) is 24.3 Å². The zero-order valence-corrected chi connectivity index (χ0v) is 24.6. The fourth-order valence-corrected chi connectivity index (χ4v) is 9.10. The molecule has 0 saturated heterocycles. The normalized spacial score (nSPS) is 11.7. The predicted molar refractivity (Wildman–Crippen MR) is 159 cm³/mol. The topological polar surface area (TPSA) is 51.6 Å². The van der Waals surface area contributed by atoms with Gasteiger partial charge in [0, 0.05) is 41.8 Å². The fourth-order valence-electron chi connectivity index (χ4n) is 4.07. The number of benzene rings is 2. The highest BCUT2D eigenvalue weighted by molar-refractivity contribution is 9.11. The monoisotopic (exact) mass is 672 g/mol. The van der Waals surface area contributed by atoms with E-state index in [0.29, 0.717) is 0 Å². The molecule has 0 aliphatic carbocycles. The Morgan fingerprint density at radius 1 is 0.400 bits per heavy atom. The first kappa shape index (κ1) is 22.3. The minimum atomic E-state index is 0.949. The highest BCUT2D eigenvalue weighted by Crippen LogP contribution is 2.44. The van der Waals surface area contributed by atoms with Gasteiger partial charge in [0.2, 0.25) is 0 Å². The molecule has 0 unspecified atom stereocenters. The average molecular weight is 675 g/mol. The Hall–Kier alpha value is -1.86. The van der Waals surface area contributed by atoms with Crippen LogP contribution in [0.25, 0.3) is 63.8 Å². The van der Waals surface area contributed by atoms with Crippen molar-refractivity contribution in [1.82, 2.24) is 17.5 Å². The Labute approximate surface area is 236 Å². The van der Waals surface area contributed by atoms with E-state index in [4.69, 9.17) is 0 Å². The second-order valence-corrected chi connectivity index (χ2v) is 14.7. The maximum atomic E-state index is 4.67. The van der Waals surface area contributed by atoms with Gasteiger partial charge >= 0.3 is 0 Å². The first-order valence-electron chi connectivity index (χ1n) is 10.3. The van der Waals surface area contributed by atoms with Crippen LogP contribution in [0.3, 0.4) is 0 Å². The molecule has 35 heavy (non-hydrogen) atoms. The van der Waals surface area contributed by atoms with Gasteiger partial charge in [0.05, 0.1) is 31.0 Å². The molecule has 0 fully saturated rings. The minimum Gasteiger partial charge on any atom is -0.172 e. The standard InChI is InChI=1S/C24H10Br2N4S5/c25-19-9-7-17(32-19)13-3-1-11(21-23(13)29-34-27-21)15-5-6-16(31-15)12-2-4-14(18-8-10-20(26)33-18)24-22(12)28-35-30-24/h1-10H. The number of hydrogen-bond acceptors (Lipinski definition) is 9. The van der Waals surface area contributed by atoms with Crippen molar-refractivity contribution >= 4 is 111 Å². The molecule has 7 rings (SSSR count). The summed E-state index contributed by atoms with van der Waals surface area (Å²) in [7, 11) is 0. The van der Waals surface area contributed by atoms with Gasteiger partial charge in [-0.3, -0.25) is 0 Å². The van der Waals surface area contributed by atoms with Gasteiger partial charge in [0.1, 0.15) is 22.1 Å². The van der Waals surface area contributed by atoms with E-state index in [0.717, 1.165) is 51.9 Å². The summed E-state index contributed by atoms with van der Waals surface area (Å²) in [5, 5.41) is 0. The zero-order chi connectivity index (χ0) is 23.5. The summed E-state index contributed by atoms with van der Waals surface area (Å²) in [6, 6.07) is 21.4. The Balaban J connectivity index is 1.32. The molecule has 11 heteroatoms. The van der Waals surface area contributed by atoms with Crippen LogP contribution < -0.4 is 0 Å². The number of nitrogens with zero attached hydrogens (tertiary/aromatic N) is 4. The number of rotatable bonds is 4. The Morgan fingerprint density at radius 2 is 0.714 bits per heavy atom. The molecule has 0 radical (unpaired) electrons. The number of thiophene rings is 3. The molecule has 4 nitrogen and oxygen atoms in total. The summed E-state index contributed by atoms with van der Waals surface area (Å²) in [5.41, 5.74) is 8.26. The van der Waals surface area contributed by atoms with Crippen molar-refractivity contribution in [3.8, 4) is 41.8 Å². The highest BCUT2D eigenvalue weighted by Gasteiger charge is 2.19. The SMILES string of the molecule is Brc1ccc(-c2ccc(-c3ccc(-c4ccc(-c5ccc(Br)s5)c5nsnc45)s3)c3nsnc23)s1. The van der Waals surface area contributed by atoms with Gasteiger partial charge in [-0.15, -0.1) is 34.0 Å². The maximum Gasteiger partial charge on any atom is 0.114 e. The zero-order valence-electron chi connectivity index (χ0n) is 17.4. The van der Waals surface area contributed by atoms with Crippen LogP contribution in [0.2, 0.25) is 0 Å². The van der Waals surface area contributed by atoms with E-state index in [-0.39, 0.29) is 0 Å². The lowest BCUT2D eigenvalue weighted by Crippen LogP contribution is -1.82. The smallest absolute Gasteiger partial charge is 0.114 e. The summed E-state index contributed by atoms with van der Waals surface area (Å²) in [6.45, 7) is 0. The third kappa shape index (κ3) is 3.85. The van der Waals surface area contributed by atoms with Crippen molar-refractivity contribution in [2.45, 2.75) is 0 Å². The van der Waals surface area contributed by atoms with E-state index in [1.54, 1.807) is 34.0 Å². The molecule has 0 N–H and O–H groups in total. The van der Waals surface area contributed by atoms with Crippen LogP contribution in [0, 0.1) is 0 Å². The summed E-state index contributed by atoms with van der Waals surface area (Å²) in [5.74, 6) is 0. The van der Waals surface area contributed by atoms with E-state index in [1.807, 2.05) is 0 Å². The van der Waals surface area contributed by atoms with Crippen molar-refractivity contribution < 1.29 is 0 Å². The van der Waals surface area contributed by atoms with Crippen LogP contribution in [0.4, 0.5) is 0 Å². The molecule has 0 spiro atoms. The molecule has 7 aromatic rings. The molecule has 0 aliphatic heterocycles. The molecule has 2 aromatic carbocycles. The lowest BCUT2D eigenvalue weighted by atomic mass is 10.1. The van der Waals surface area contributed by atoms with Crippen LogP contribution in [-0.4, -0.2) is 17.5 Å². The van der Waals surface area contributed by atoms with Gasteiger partial charge in [-0.25, -0.2) is 0 Å². The van der Waals surface area contributed by atoms with Crippen LogP contribution >= 0.6 is 89.3 Å². The molecule has 0 saturated carbocycles. The van der Waals surface area contributed by atoms with Crippen molar-refractivity contribution in [3.63, 3.8) is 0 Å². The molecular weight excluding hydrogens is 664 g/mol. The van der Waals surface area contributed by atoms with Gasteiger partial charge in [-0.2, -0.15) is 17.5 Å². The van der Waals surface area contributed by atoms with E-state index >= 15 is 0 Å². The summed E-state index contributed by atoms with van der Waals surface area (Å²) in [4.78, 5) is 4.70. The Morgan fingerprint density at radius 3 is 1.03 bits per heavy atom. The molecule has 0 aliphatic rings. The third-order valence-corrected chi connectivity index (χ3v) is 11.2. The minimum absolute atomic E-state index is 0.949. The predicted octanol–water partition coefficient (Wildman–Crippen LogP) is 10.1. The van der Waals surface area contributed by atoms with E-state index < -0.39 is 0 Å². The second kappa shape index (κ2) is 8.91. The quantitative estimate of drug-likeness (QED) is 0.187. The molecule has 0 bridgehead atoms. The molecule has 170 valence electrons. The third-order valence-electron chi connectivity index (χ3n) is 5.65. The largest absolute Gasteiger partial charge is 0.172 e. The van der Waals surface area contributed by atoms with Crippen molar-refractivity contribution in [1.29, 1.82) is 0 Å². The fraction of sp³-hybridized carbons (Fsp3) is 0.